The summed E-state index contributed by atoms with van der Waals surface area (Å²) < 4.78 is 0. The molecule has 4 rings (SSSR count). The molecule has 126 valence electrons. The third kappa shape index (κ3) is 3.15. The number of nitrogens with one attached hydrogen (secondary N) is 1. The number of carbonyl (C=O) groups is 1. The predicted octanol–water partition coefficient (Wildman–Crippen LogP) is 4.80. The number of pyridine rings is 1. The molecule has 1 aliphatic heterocycles. The van der Waals surface area contributed by atoms with Gasteiger partial charge in [-0.15, -0.1) is 0 Å². The minimum absolute atomic E-state index is 0.0263. The van der Waals surface area contributed by atoms with E-state index in [2.05, 4.69) is 16.0 Å². The van der Waals surface area contributed by atoms with Crippen molar-refractivity contribution in [3.63, 3.8) is 0 Å². The first kappa shape index (κ1) is 16.2. The Hall–Kier alpha value is -2.30. The summed E-state index contributed by atoms with van der Waals surface area (Å²) in [6.07, 6.45) is 6.46. The Kier molecular flexibility index (Phi) is 4.24. The summed E-state index contributed by atoms with van der Waals surface area (Å²) in [5, 5.41) is 2.16. The number of benzene rings is 1. The van der Waals surface area contributed by atoms with E-state index in [0.29, 0.717) is 23.8 Å². The summed E-state index contributed by atoms with van der Waals surface area (Å²) in [5.74, 6) is -0.0263. The van der Waals surface area contributed by atoms with Gasteiger partial charge in [0.1, 0.15) is 5.15 Å². The van der Waals surface area contributed by atoms with Crippen LogP contribution >= 0.6 is 23.2 Å². The number of hydrogen-bond donors (Lipinski definition) is 1. The van der Waals surface area contributed by atoms with Gasteiger partial charge in [0.2, 0.25) is 0 Å². The molecule has 25 heavy (non-hydrogen) atoms. The quantitative estimate of drug-likeness (QED) is 0.657. The lowest BCUT2D eigenvalue weighted by Gasteiger charge is -2.26. The van der Waals surface area contributed by atoms with Gasteiger partial charge in [0.25, 0.3) is 5.91 Å². The van der Waals surface area contributed by atoms with Crippen LogP contribution in [0.3, 0.4) is 0 Å². The van der Waals surface area contributed by atoms with Crippen LogP contribution in [0.1, 0.15) is 22.3 Å². The zero-order valence-electron chi connectivity index (χ0n) is 13.3. The Labute approximate surface area is 155 Å². The Morgan fingerprint density at radius 3 is 2.84 bits per heavy atom. The molecule has 4 nitrogen and oxygen atoms in total. The van der Waals surface area contributed by atoms with Crippen molar-refractivity contribution in [3.05, 3.63) is 70.1 Å². The number of H-pyrrole nitrogens is 1. The molecule has 0 fully saturated rings. The summed E-state index contributed by atoms with van der Waals surface area (Å²) in [5.41, 5.74) is 4.00. The monoisotopic (exact) mass is 371 g/mol. The Morgan fingerprint density at radius 2 is 2.08 bits per heavy atom. The van der Waals surface area contributed by atoms with E-state index in [0.717, 1.165) is 27.9 Å². The molecule has 0 unspecified atom stereocenters. The van der Waals surface area contributed by atoms with Gasteiger partial charge in [-0.25, -0.2) is 4.98 Å². The number of carbonyl (C=O) groups excluding carboxylic acids is 1. The molecule has 0 radical (unpaired) electrons. The van der Waals surface area contributed by atoms with Crippen LogP contribution in [0, 0.1) is 0 Å². The fourth-order valence-electron chi connectivity index (χ4n) is 3.17. The molecule has 3 heterocycles. The van der Waals surface area contributed by atoms with Crippen molar-refractivity contribution in [3.8, 4) is 0 Å². The van der Waals surface area contributed by atoms with Crippen LogP contribution in [-0.2, 0) is 0 Å². The van der Waals surface area contributed by atoms with Crippen LogP contribution in [0.15, 0.2) is 48.8 Å². The number of amides is 1. The van der Waals surface area contributed by atoms with Crippen LogP contribution in [0.4, 0.5) is 0 Å². The minimum Gasteiger partial charge on any atom is -0.361 e. The molecule has 0 spiro atoms. The van der Waals surface area contributed by atoms with E-state index in [4.69, 9.17) is 23.2 Å². The summed E-state index contributed by atoms with van der Waals surface area (Å²) in [7, 11) is 0. The number of aromatic nitrogens is 2. The topological polar surface area (TPSA) is 49.0 Å². The Bertz CT molecular complexity index is 993. The second-order valence-corrected chi connectivity index (χ2v) is 6.81. The first-order chi connectivity index (χ1) is 12.1. The second kappa shape index (κ2) is 6.54. The van der Waals surface area contributed by atoms with Crippen LogP contribution in [0.5, 0.6) is 0 Å². The van der Waals surface area contributed by atoms with Gasteiger partial charge in [-0.2, -0.15) is 0 Å². The molecule has 0 bridgehead atoms. The lowest BCUT2D eigenvalue weighted by Crippen LogP contribution is -2.34. The van der Waals surface area contributed by atoms with E-state index in [1.54, 1.807) is 18.3 Å². The normalized spacial score (nSPS) is 14.6. The van der Waals surface area contributed by atoms with Gasteiger partial charge < -0.3 is 9.88 Å². The van der Waals surface area contributed by atoms with Gasteiger partial charge in [-0.05, 0) is 42.3 Å². The molecule has 2 aromatic heterocycles. The zero-order valence-corrected chi connectivity index (χ0v) is 14.8. The van der Waals surface area contributed by atoms with Gasteiger partial charge in [0.15, 0.2) is 0 Å². The van der Waals surface area contributed by atoms with Crippen molar-refractivity contribution in [1.29, 1.82) is 0 Å². The first-order valence-electron chi connectivity index (χ1n) is 7.99. The number of halogens is 2. The molecular formula is C19H15Cl2N3O. The van der Waals surface area contributed by atoms with Crippen molar-refractivity contribution in [2.75, 3.05) is 13.1 Å². The fourth-order valence-corrected chi connectivity index (χ4v) is 3.52. The molecule has 3 aromatic rings. The van der Waals surface area contributed by atoms with Crippen LogP contribution in [0.2, 0.25) is 10.2 Å². The summed E-state index contributed by atoms with van der Waals surface area (Å²) in [6.45, 7) is 1.24. The molecule has 0 saturated carbocycles. The van der Waals surface area contributed by atoms with E-state index in [-0.39, 0.29) is 5.91 Å². The Morgan fingerprint density at radius 1 is 1.20 bits per heavy atom. The maximum absolute atomic E-state index is 12.6. The molecular weight excluding hydrogens is 357 g/mol. The van der Waals surface area contributed by atoms with E-state index >= 15 is 0 Å². The van der Waals surface area contributed by atoms with Gasteiger partial charge >= 0.3 is 0 Å². The average molecular weight is 372 g/mol. The van der Waals surface area contributed by atoms with E-state index in [9.17, 15) is 4.79 Å². The van der Waals surface area contributed by atoms with Crippen molar-refractivity contribution in [2.24, 2.45) is 0 Å². The van der Waals surface area contributed by atoms with Crippen molar-refractivity contribution in [2.45, 2.75) is 6.42 Å². The van der Waals surface area contributed by atoms with Crippen molar-refractivity contribution >= 4 is 45.6 Å². The number of aromatic amines is 1. The number of nitrogens with zero attached hydrogens (tertiary/aromatic N) is 2. The Balaban J connectivity index is 1.57. The molecule has 0 aliphatic carbocycles. The van der Waals surface area contributed by atoms with E-state index in [1.165, 1.54) is 5.57 Å². The van der Waals surface area contributed by atoms with Crippen LogP contribution in [-0.4, -0.2) is 33.9 Å². The highest BCUT2D eigenvalue weighted by Gasteiger charge is 2.20. The summed E-state index contributed by atoms with van der Waals surface area (Å²) in [6, 6.07) is 9.12. The maximum atomic E-state index is 12.6. The maximum Gasteiger partial charge on any atom is 0.254 e. The van der Waals surface area contributed by atoms with Gasteiger partial charge in [-0.1, -0.05) is 29.3 Å². The van der Waals surface area contributed by atoms with E-state index in [1.807, 2.05) is 29.3 Å². The van der Waals surface area contributed by atoms with Crippen molar-refractivity contribution < 1.29 is 4.79 Å². The highest BCUT2D eigenvalue weighted by atomic mass is 35.5. The van der Waals surface area contributed by atoms with Crippen molar-refractivity contribution in [1.82, 2.24) is 14.9 Å². The zero-order chi connectivity index (χ0) is 17.4. The first-order valence-corrected chi connectivity index (χ1v) is 8.74. The molecule has 6 heteroatoms. The number of hydrogen-bond acceptors (Lipinski definition) is 2. The highest BCUT2D eigenvalue weighted by molar-refractivity contribution is 6.31. The largest absolute Gasteiger partial charge is 0.361 e. The summed E-state index contributed by atoms with van der Waals surface area (Å²) >= 11 is 12.0. The third-order valence-electron chi connectivity index (χ3n) is 4.46. The SMILES string of the molecule is O=C(c1ccnc(Cl)c1)N1CC=C(c2c[nH]c3ccc(Cl)cc23)CC1. The molecule has 1 N–H and O–H groups in total. The highest BCUT2D eigenvalue weighted by Crippen LogP contribution is 2.31. The van der Waals surface area contributed by atoms with Crippen LogP contribution in [0.25, 0.3) is 16.5 Å². The molecule has 1 aliphatic rings. The minimum atomic E-state index is -0.0263. The van der Waals surface area contributed by atoms with Gasteiger partial charge in [0, 0.05) is 52.5 Å². The molecule has 0 atom stereocenters. The van der Waals surface area contributed by atoms with Crippen LogP contribution < -0.4 is 0 Å². The lowest BCUT2D eigenvalue weighted by molar-refractivity contribution is 0.0773. The van der Waals surface area contributed by atoms with Gasteiger partial charge in [0.05, 0.1) is 0 Å². The average Bonchev–Trinajstić information content (AvgIpc) is 3.04. The third-order valence-corrected chi connectivity index (χ3v) is 4.90. The lowest BCUT2D eigenvalue weighted by atomic mass is 9.98. The standard InChI is InChI=1S/C19H15Cl2N3O/c20-14-1-2-17-15(10-14)16(11-23-17)12-4-7-24(8-5-12)19(25)13-3-6-22-18(21)9-13/h1-4,6,9-11,23H,5,7-8H2. The van der Waals surface area contributed by atoms with Gasteiger partial charge in [-0.3, -0.25) is 4.79 Å². The fraction of sp³-hybridized carbons (Fsp3) is 0.158. The summed E-state index contributed by atoms with van der Waals surface area (Å²) in [4.78, 5) is 21.6. The predicted molar refractivity (Wildman–Crippen MR) is 101 cm³/mol. The molecule has 1 amide bonds. The molecule has 1 aromatic carbocycles. The van der Waals surface area contributed by atoms with E-state index < -0.39 is 0 Å². The molecule has 0 saturated heterocycles. The number of rotatable bonds is 2. The second-order valence-electron chi connectivity index (χ2n) is 5.99. The number of fused-ring (bicyclic) bond motifs is 1. The smallest absolute Gasteiger partial charge is 0.254 e.